The van der Waals surface area contributed by atoms with Crippen molar-refractivity contribution in [3.05, 3.63) is 48.0 Å². The quantitative estimate of drug-likeness (QED) is 0.259. The molecule has 4 aromatic rings. The van der Waals surface area contributed by atoms with E-state index in [1.165, 1.54) is 4.90 Å². The molecule has 2 amide bonds. The van der Waals surface area contributed by atoms with Crippen LogP contribution in [0.15, 0.2) is 36.8 Å². The molecule has 0 spiro atoms. The molecule has 0 aromatic carbocycles. The lowest BCUT2D eigenvalue weighted by Gasteiger charge is -2.29. The molecular weight excluding hydrogens is 554 g/mol. The number of rotatable bonds is 3. The maximum absolute atomic E-state index is 13.4. The van der Waals surface area contributed by atoms with Crippen LogP contribution in [0.25, 0.3) is 21.9 Å². The van der Waals surface area contributed by atoms with Crippen molar-refractivity contribution < 1.29 is 28.7 Å². The van der Waals surface area contributed by atoms with Crippen LogP contribution in [0.4, 0.5) is 11.8 Å². The second-order valence-electron chi connectivity index (χ2n) is 11.0. The number of hydrogen-bond acceptors (Lipinski definition) is 10. The lowest BCUT2D eigenvalue weighted by Crippen LogP contribution is -2.41. The third-order valence-corrected chi connectivity index (χ3v) is 8.36. The Bertz CT molecular complexity index is 1760. The summed E-state index contributed by atoms with van der Waals surface area (Å²) in [4.78, 5) is 70.9. The molecule has 222 valence electrons. The van der Waals surface area contributed by atoms with Crippen LogP contribution in [-0.4, -0.2) is 73.9 Å². The van der Waals surface area contributed by atoms with Crippen molar-refractivity contribution in [3.8, 4) is 0 Å². The average Bonchev–Trinajstić information content (AvgIpc) is 3.37. The Labute approximate surface area is 246 Å². The summed E-state index contributed by atoms with van der Waals surface area (Å²) < 4.78 is 11.5. The van der Waals surface area contributed by atoms with Crippen molar-refractivity contribution in [3.63, 3.8) is 0 Å². The van der Waals surface area contributed by atoms with Crippen molar-refractivity contribution in [2.24, 2.45) is 5.92 Å². The van der Waals surface area contributed by atoms with Gasteiger partial charge in [0.25, 0.3) is 0 Å². The number of ether oxygens (including phenoxy) is 2. The van der Waals surface area contributed by atoms with Gasteiger partial charge in [0.05, 0.1) is 25.9 Å². The zero-order valence-electron chi connectivity index (χ0n) is 24.1. The van der Waals surface area contributed by atoms with Crippen molar-refractivity contribution in [2.45, 2.75) is 51.6 Å². The van der Waals surface area contributed by atoms with Gasteiger partial charge in [-0.05, 0) is 49.3 Å². The first-order valence-electron chi connectivity index (χ1n) is 14.2. The van der Waals surface area contributed by atoms with E-state index < -0.39 is 23.8 Å². The molecule has 0 bridgehead atoms. The number of pyridine rings is 2. The second kappa shape index (κ2) is 11.4. The van der Waals surface area contributed by atoms with Gasteiger partial charge in [-0.2, -0.15) is 4.98 Å². The van der Waals surface area contributed by atoms with Gasteiger partial charge in [-0.15, -0.1) is 0 Å². The largest absolute Gasteiger partial charge is 0.462 e. The maximum Gasteiger partial charge on any atom is 0.397 e. The number of methoxy groups -OCH3 is 2. The number of nitrogens with zero attached hydrogens (tertiary/aromatic N) is 7. The number of amides is 2. The first-order chi connectivity index (χ1) is 20.8. The van der Waals surface area contributed by atoms with E-state index in [0.717, 1.165) is 61.1 Å². The first kappa shape index (κ1) is 28.2. The molecule has 0 unspecified atom stereocenters. The standard InChI is InChI=1S/C30H31N7O6/c1-17-4-7-19(8-5-17)36-23-15-31-12-10-20(23)21-14-32-30(34-25(21)36)37(27(39)29(41)43-3)24-9-6-18-16-35(13-11-22(18)33-24)26(38)28(40)42-2/h6,9-10,12,14-15,17,19H,4-5,7-8,11,13,16H2,1-3H3. The van der Waals surface area contributed by atoms with E-state index in [4.69, 9.17) is 9.72 Å². The van der Waals surface area contributed by atoms with E-state index in [1.807, 2.05) is 12.3 Å². The minimum atomic E-state index is -1.09. The molecule has 6 rings (SSSR count). The molecule has 0 radical (unpaired) electrons. The number of hydrogen-bond donors (Lipinski definition) is 0. The van der Waals surface area contributed by atoms with Crippen LogP contribution in [0.3, 0.4) is 0 Å². The second-order valence-corrected chi connectivity index (χ2v) is 11.0. The van der Waals surface area contributed by atoms with Gasteiger partial charge in [-0.25, -0.2) is 24.5 Å². The Morgan fingerprint density at radius 3 is 2.44 bits per heavy atom. The third kappa shape index (κ3) is 5.04. The van der Waals surface area contributed by atoms with Crippen molar-refractivity contribution in [1.29, 1.82) is 0 Å². The summed E-state index contributed by atoms with van der Waals surface area (Å²) >= 11 is 0. The summed E-state index contributed by atoms with van der Waals surface area (Å²) in [5.41, 5.74) is 2.90. The van der Waals surface area contributed by atoms with Gasteiger partial charge in [-0.3, -0.25) is 14.6 Å². The van der Waals surface area contributed by atoms with Gasteiger partial charge < -0.3 is 18.9 Å². The van der Waals surface area contributed by atoms with E-state index in [-0.39, 0.29) is 30.9 Å². The van der Waals surface area contributed by atoms with E-state index in [1.54, 1.807) is 24.5 Å². The predicted octanol–water partition coefficient (Wildman–Crippen LogP) is 3.02. The zero-order chi connectivity index (χ0) is 30.2. The maximum atomic E-state index is 13.4. The van der Waals surface area contributed by atoms with Crippen LogP contribution in [0.5, 0.6) is 0 Å². The minimum absolute atomic E-state index is 0.0187. The van der Waals surface area contributed by atoms with Gasteiger partial charge in [0.2, 0.25) is 5.95 Å². The average molecular weight is 586 g/mol. The highest BCUT2D eigenvalue weighted by molar-refractivity contribution is 6.39. The van der Waals surface area contributed by atoms with Crippen molar-refractivity contribution >= 4 is 57.5 Å². The molecule has 1 aliphatic heterocycles. The Kier molecular flexibility index (Phi) is 7.46. The lowest BCUT2D eigenvalue weighted by molar-refractivity contribution is -0.158. The normalized spacial score (nSPS) is 18.3. The van der Waals surface area contributed by atoms with Crippen LogP contribution in [0.2, 0.25) is 0 Å². The molecule has 0 N–H and O–H groups in total. The summed E-state index contributed by atoms with van der Waals surface area (Å²) in [7, 11) is 2.29. The van der Waals surface area contributed by atoms with Gasteiger partial charge in [0, 0.05) is 54.4 Å². The topological polar surface area (TPSA) is 150 Å². The number of carbonyl (C=O) groups excluding carboxylic acids is 4. The molecular formula is C30H31N7O6. The van der Waals surface area contributed by atoms with Gasteiger partial charge in [-0.1, -0.05) is 13.0 Å². The molecule has 1 aliphatic carbocycles. The van der Waals surface area contributed by atoms with Crippen LogP contribution >= 0.6 is 0 Å². The molecule has 1 saturated carbocycles. The van der Waals surface area contributed by atoms with E-state index >= 15 is 0 Å². The Morgan fingerprint density at radius 1 is 0.930 bits per heavy atom. The zero-order valence-corrected chi connectivity index (χ0v) is 24.1. The molecule has 4 aromatic heterocycles. The van der Waals surface area contributed by atoms with Crippen LogP contribution in [0, 0.1) is 5.92 Å². The van der Waals surface area contributed by atoms with Crippen LogP contribution in [-0.2, 0) is 41.6 Å². The molecule has 43 heavy (non-hydrogen) atoms. The smallest absolute Gasteiger partial charge is 0.397 e. The number of anilines is 2. The summed E-state index contributed by atoms with van der Waals surface area (Å²) in [6.07, 6.45) is 9.71. The molecule has 13 nitrogen and oxygen atoms in total. The summed E-state index contributed by atoms with van der Waals surface area (Å²) in [6.45, 7) is 2.65. The highest BCUT2D eigenvalue weighted by atomic mass is 16.5. The van der Waals surface area contributed by atoms with E-state index in [0.29, 0.717) is 29.2 Å². The van der Waals surface area contributed by atoms with Gasteiger partial charge in [0.1, 0.15) is 11.5 Å². The predicted molar refractivity (Wildman–Crippen MR) is 154 cm³/mol. The highest BCUT2D eigenvalue weighted by Gasteiger charge is 2.33. The Hall–Kier alpha value is -4.94. The summed E-state index contributed by atoms with van der Waals surface area (Å²) in [5.74, 6) is -2.99. The fourth-order valence-corrected chi connectivity index (χ4v) is 6.03. The first-order valence-corrected chi connectivity index (χ1v) is 14.2. The van der Waals surface area contributed by atoms with E-state index in [2.05, 4.69) is 31.2 Å². The Morgan fingerprint density at radius 2 is 1.70 bits per heavy atom. The highest BCUT2D eigenvalue weighted by Crippen LogP contribution is 2.39. The number of aromatic nitrogens is 5. The molecule has 5 heterocycles. The minimum Gasteiger partial charge on any atom is -0.462 e. The van der Waals surface area contributed by atoms with Gasteiger partial charge >= 0.3 is 23.8 Å². The van der Waals surface area contributed by atoms with Crippen molar-refractivity contribution in [1.82, 2.24) is 29.4 Å². The Balaban J connectivity index is 1.43. The lowest BCUT2D eigenvalue weighted by atomic mass is 9.87. The molecule has 13 heteroatoms. The van der Waals surface area contributed by atoms with Crippen molar-refractivity contribution in [2.75, 3.05) is 25.7 Å². The fourth-order valence-electron chi connectivity index (χ4n) is 6.03. The molecule has 1 fully saturated rings. The third-order valence-electron chi connectivity index (χ3n) is 8.36. The summed E-state index contributed by atoms with van der Waals surface area (Å²) in [6, 6.07) is 5.39. The van der Waals surface area contributed by atoms with Crippen LogP contribution in [0.1, 0.15) is 49.9 Å². The molecule has 0 atom stereocenters. The summed E-state index contributed by atoms with van der Waals surface area (Å²) in [5, 5.41) is 1.78. The monoisotopic (exact) mass is 585 g/mol. The molecule has 2 aliphatic rings. The molecule has 0 saturated heterocycles. The number of fused-ring (bicyclic) bond motifs is 4. The SMILES string of the molecule is COC(=O)C(=O)N1CCc2nc(N(C(=O)C(=O)OC)c3ncc4c5ccncc5n(C5CCC(C)CC5)c4n3)ccc2C1. The van der Waals surface area contributed by atoms with Crippen LogP contribution < -0.4 is 4.90 Å². The number of esters is 2. The number of carbonyl (C=O) groups is 4. The van der Waals surface area contributed by atoms with E-state index in [9.17, 15) is 19.2 Å². The fraction of sp³-hybridized carbons (Fsp3) is 0.400. The van der Waals surface area contributed by atoms with Gasteiger partial charge in [0.15, 0.2) is 0 Å².